The largest absolute Gasteiger partial charge is 0.491 e. The average molecular weight is 418 g/mol. The summed E-state index contributed by atoms with van der Waals surface area (Å²) in [6.45, 7) is 8.35. The van der Waals surface area contributed by atoms with Crippen molar-refractivity contribution in [1.82, 2.24) is 0 Å². The maximum atomic E-state index is 15.1. The summed E-state index contributed by atoms with van der Waals surface area (Å²) in [5.41, 5.74) is 2.79. The van der Waals surface area contributed by atoms with Crippen molar-refractivity contribution in [2.75, 3.05) is 6.61 Å². The second-order valence-corrected chi connectivity index (χ2v) is 8.03. The lowest BCUT2D eigenvalue weighted by atomic mass is 9.95. The first-order chi connectivity index (χ1) is 14.3. The molecule has 2 nitrogen and oxygen atoms in total. The van der Waals surface area contributed by atoms with Gasteiger partial charge in [-0.1, -0.05) is 44.1 Å². The molecule has 0 radical (unpaired) electrons. The minimum absolute atomic E-state index is 0.0105. The number of hydrogen-bond donors (Lipinski definition) is 0. The van der Waals surface area contributed by atoms with Crippen molar-refractivity contribution >= 4 is 0 Å². The number of halogens is 3. The van der Waals surface area contributed by atoms with Gasteiger partial charge in [0.05, 0.1) is 6.61 Å². The standard InChI is InChI=1S/C25H29F3O2/c1-5-15(3)7-8-16(4)9-10-17-11-12-18-13-19-14-20(29-6-2)22(27)23(28)25(19)30-24(18)21(17)26/h8,11-12,14-15H,5-7,9-10,13H2,1-4H3/b16-8+. The third-order valence-corrected chi connectivity index (χ3v) is 5.70. The number of rotatable bonds is 8. The number of ether oxygens (including phenoxy) is 2. The lowest BCUT2D eigenvalue weighted by Gasteiger charge is -2.23. The highest BCUT2D eigenvalue weighted by Gasteiger charge is 2.28. The first-order valence-corrected chi connectivity index (χ1v) is 10.6. The van der Waals surface area contributed by atoms with Crippen LogP contribution in [0.5, 0.6) is 17.2 Å². The van der Waals surface area contributed by atoms with Crippen molar-refractivity contribution in [3.8, 4) is 17.2 Å². The number of allylic oxidation sites excluding steroid dienone is 2. The maximum absolute atomic E-state index is 15.1. The summed E-state index contributed by atoms with van der Waals surface area (Å²) in [6.07, 6.45) is 5.88. The first kappa shape index (κ1) is 22.3. The highest BCUT2D eigenvalue weighted by Crippen LogP contribution is 2.43. The van der Waals surface area contributed by atoms with Gasteiger partial charge in [0.15, 0.2) is 23.1 Å². The zero-order chi connectivity index (χ0) is 21.8. The van der Waals surface area contributed by atoms with Crippen molar-refractivity contribution < 1.29 is 22.6 Å². The first-order valence-electron chi connectivity index (χ1n) is 10.6. The molecule has 0 aromatic heterocycles. The molecule has 0 spiro atoms. The molecule has 0 bridgehead atoms. The van der Waals surface area contributed by atoms with Gasteiger partial charge in [0.2, 0.25) is 11.6 Å². The van der Waals surface area contributed by atoms with E-state index in [2.05, 4.69) is 26.8 Å². The van der Waals surface area contributed by atoms with Crippen LogP contribution in [0.2, 0.25) is 0 Å². The molecule has 2 aromatic carbocycles. The molecule has 1 aliphatic heterocycles. The molecule has 30 heavy (non-hydrogen) atoms. The van der Waals surface area contributed by atoms with E-state index >= 15 is 4.39 Å². The van der Waals surface area contributed by atoms with Crippen LogP contribution in [-0.2, 0) is 12.8 Å². The number of aryl methyl sites for hydroxylation is 1. The molecule has 1 atom stereocenters. The fraction of sp³-hybridized carbons (Fsp3) is 0.440. The molecule has 162 valence electrons. The molecule has 2 aromatic rings. The van der Waals surface area contributed by atoms with E-state index in [0.717, 1.165) is 19.3 Å². The summed E-state index contributed by atoms with van der Waals surface area (Å²) >= 11 is 0. The predicted molar refractivity (Wildman–Crippen MR) is 113 cm³/mol. The molecule has 5 heteroatoms. The average Bonchev–Trinajstić information content (AvgIpc) is 2.74. The molecular formula is C25H29F3O2. The summed E-state index contributed by atoms with van der Waals surface area (Å²) in [5, 5.41) is 0. The van der Waals surface area contributed by atoms with E-state index in [4.69, 9.17) is 9.47 Å². The van der Waals surface area contributed by atoms with Crippen LogP contribution >= 0.6 is 0 Å². The molecule has 0 saturated carbocycles. The second-order valence-electron chi connectivity index (χ2n) is 8.03. The third kappa shape index (κ3) is 4.66. The van der Waals surface area contributed by atoms with Crippen LogP contribution < -0.4 is 9.47 Å². The van der Waals surface area contributed by atoms with E-state index < -0.39 is 17.5 Å². The predicted octanol–water partition coefficient (Wildman–Crippen LogP) is 7.51. The van der Waals surface area contributed by atoms with Gasteiger partial charge in [0.1, 0.15) is 0 Å². The topological polar surface area (TPSA) is 18.5 Å². The van der Waals surface area contributed by atoms with Crippen LogP contribution in [-0.4, -0.2) is 6.61 Å². The van der Waals surface area contributed by atoms with E-state index in [-0.39, 0.29) is 30.3 Å². The Morgan fingerprint density at radius 3 is 2.53 bits per heavy atom. The van der Waals surface area contributed by atoms with Crippen LogP contribution in [0.15, 0.2) is 29.8 Å². The van der Waals surface area contributed by atoms with Crippen LogP contribution in [0.3, 0.4) is 0 Å². The molecular weight excluding hydrogens is 389 g/mol. The van der Waals surface area contributed by atoms with Crippen LogP contribution in [0.4, 0.5) is 13.2 Å². The molecule has 0 fully saturated rings. The zero-order valence-corrected chi connectivity index (χ0v) is 18.1. The summed E-state index contributed by atoms with van der Waals surface area (Å²) < 4.78 is 54.5. The van der Waals surface area contributed by atoms with E-state index in [0.29, 0.717) is 29.0 Å². The molecule has 0 saturated heterocycles. The van der Waals surface area contributed by atoms with Gasteiger partial charge in [-0.25, -0.2) is 4.39 Å². The minimum Gasteiger partial charge on any atom is -0.491 e. The SMILES string of the molecule is CCOc1cc2c(c(F)c1F)Oc1c(ccc(CC/C(C)=C/CC(C)CC)c1F)C2. The van der Waals surface area contributed by atoms with Gasteiger partial charge in [-0.3, -0.25) is 0 Å². The Bertz CT molecular complexity index is 950. The zero-order valence-electron chi connectivity index (χ0n) is 18.1. The van der Waals surface area contributed by atoms with Crippen LogP contribution in [0, 0.1) is 23.4 Å². The van der Waals surface area contributed by atoms with Gasteiger partial charge < -0.3 is 9.47 Å². The smallest absolute Gasteiger partial charge is 0.205 e. The summed E-state index contributed by atoms with van der Waals surface area (Å²) in [6, 6.07) is 4.99. The monoisotopic (exact) mass is 418 g/mol. The number of fused-ring (bicyclic) bond motifs is 2. The second kappa shape index (κ2) is 9.59. The fourth-order valence-corrected chi connectivity index (χ4v) is 3.53. The van der Waals surface area contributed by atoms with Gasteiger partial charge in [0.25, 0.3) is 0 Å². The lowest BCUT2D eigenvalue weighted by Crippen LogP contribution is -2.10. The van der Waals surface area contributed by atoms with Crippen molar-refractivity contribution in [1.29, 1.82) is 0 Å². The van der Waals surface area contributed by atoms with Gasteiger partial charge >= 0.3 is 0 Å². The summed E-state index contributed by atoms with van der Waals surface area (Å²) in [5.74, 6) is -2.55. The van der Waals surface area contributed by atoms with Gasteiger partial charge in [-0.05, 0) is 50.7 Å². The van der Waals surface area contributed by atoms with E-state index in [1.807, 2.05) is 0 Å². The fourth-order valence-electron chi connectivity index (χ4n) is 3.53. The quantitative estimate of drug-likeness (QED) is 0.352. The molecule has 0 amide bonds. The molecule has 1 heterocycles. The van der Waals surface area contributed by atoms with Gasteiger partial charge in [-0.2, -0.15) is 8.78 Å². The number of benzene rings is 2. The van der Waals surface area contributed by atoms with Crippen molar-refractivity contribution in [3.63, 3.8) is 0 Å². The molecule has 1 unspecified atom stereocenters. The van der Waals surface area contributed by atoms with Crippen LogP contribution in [0.1, 0.15) is 63.6 Å². The molecule has 0 aliphatic carbocycles. The Morgan fingerprint density at radius 2 is 1.83 bits per heavy atom. The Labute approximate surface area is 176 Å². The van der Waals surface area contributed by atoms with Crippen molar-refractivity contribution in [3.05, 3.63) is 64.0 Å². The highest BCUT2D eigenvalue weighted by molar-refractivity contribution is 5.54. The van der Waals surface area contributed by atoms with Gasteiger partial charge in [0, 0.05) is 17.5 Å². The van der Waals surface area contributed by atoms with E-state index in [9.17, 15) is 8.78 Å². The normalized spacial score (nSPS) is 14.0. The van der Waals surface area contributed by atoms with E-state index in [1.165, 1.54) is 11.6 Å². The Morgan fingerprint density at radius 1 is 1.10 bits per heavy atom. The van der Waals surface area contributed by atoms with E-state index in [1.54, 1.807) is 19.1 Å². The molecule has 0 N–H and O–H groups in total. The highest BCUT2D eigenvalue weighted by atomic mass is 19.2. The van der Waals surface area contributed by atoms with Crippen LogP contribution in [0.25, 0.3) is 0 Å². The summed E-state index contributed by atoms with van der Waals surface area (Å²) in [7, 11) is 0. The minimum atomic E-state index is -1.14. The number of hydrogen-bond acceptors (Lipinski definition) is 2. The Hall–Kier alpha value is -2.43. The van der Waals surface area contributed by atoms with Gasteiger partial charge in [-0.15, -0.1) is 0 Å². The Balaban J connectivity index is 1.80. The molecule has 3 rings (SSSR count). The summed E-state index contributed by atoms with van der Waals surface area (Å²) in [4.78, 5) is 0. The van der Waals surface area contributed by atoms with Crippen molar-refractivity contribution in [2.24, 2.45) is 5.92 Å². The maximum Gasteiger partial charge on any atom is 0.205 e. The van der Waals surface area contributed by atoms with Crippen molar-refractivity contribution in [2.45, 2.75) is 59.8 Å². The lowest BCUT2D eigenvalue weighted by molar-refractivity contribution is 0.306. The third-order valence-electron chi connectivity index (χ3n) is 5.70. The molecule has 1 aliphatic rings. The Kier molecular flexibility index (Phi) is 7.11.